The lowest BCUT2D eigenvalue weighted by Gasteiger charge is -2.31. The van der Waals surface area contributed by atoms with Gasteiger partial charge in [0.25, 0.3) is 0 Å². The van der Waals surface area contributed by atoms with E-state index in [4.69, 9.17) is 8.83 Å². The van der Waals surface area contributed by atoms with Gasteiger partial charge in [0.2, 0.25) is 0 Å². The number of fused-ring (bicyclic) bond motifs is 6. The summed E-state index contributed by atoms with van der Waals surface area (Å²) in [5.41, 5.74) is 11.3. The molecule has 10 rings (SSSR count). The summed E-state index contributed by atoms with van der Waals surface area (Å²) in [5.74, 6) is 0.393. The van der Waals surface area contributed by atoms with Gasteiger partial charge < -0.3 is 18.6 Å². The molecule has 2 aromatic heterocycles. The van der Waals surface area contributed by atoms with Gasteiger partial charge in [-0.25, -0.2) is 0 Å². The van der Waals surface area contributed by atoms with E-state index in [0.29, 0.717) is 12.1 Å². The maximum Gasteiger partial charge on any atom is 0.159 e. The molecule has 2 heterocycles. The van der Waals surface area contributed by atoms with Gasteiger partial charge >= 0.3 is 0 Å². The van der Waals surface area contributed by atoms with Crippen molar-refractivity contribution in [1.29, 1.82) is 10.5 Å². The molecule has 0 fully saturated rings. The average molecular weight is 859 g/mol. The lowest BCUT2D eigenvalue weighted by atomic mass is 9.84. The monoisotopic (exact) mass is 858 g/mol. The second-order valence-electron chi connectivity index (χ2n) is 17.5. The minimum Gasteiger partial charge on any atom is -0.454 e. The molecule has 0 radical (unpaired) electrons. The maximum absolute atomic E-state index is 9.90. The lowest BCUT2D eigenvalue weighted by molar-refractivity contribution is 0.668. The molecular formula is C60H50N4O2. The number of benzene rings is 8. The van der Waals surface area contributed by atoms with Crippen LogP contribution in [0, 0.1) is 22.7 Å². The third-order valence-corrected chi connectivity index (χ3v) is 13.1. The van der Waals surface area contributed by atoms with Gasteiger partial charge in [0.1, 0.15) is 11.2 Å². The van der Waals surface area contributed by atoms with Gasteiger partial charge in [-0.15, -0.1) is 0 Å². The van der Waals surface area contributed by atoms with Crippen molar-refractivity contribution in [2.24, 2.45) is 0 Å². The summed E-state index contributed by atoms with van der Waals surface area (Å²) in [6, 6.07) is 47.8. The van der Waals surface area contributed by atoms with E-state index in [1.165, 1.54) is 32.7 Å². The number of para-hydroxylation sites is 4. The average Bonchev–Trinajstić information content (AvgIpc) is 3.92. The Morgan fingerprint density at radius 3 is 1.64 bits per heavy atom. The van der Waals surface area contributed by atoms with Crippen LogP contribution in [-0.4, -0.2) is 6.54 Å². The quantitative estimate of drug-likeness (QED) is 0.0692. The zero-order valence-corrected chi connectivity index (χ0v) is 38.2. The Morgan fingerprint density at radius 2 is 1.08 bits per heavy atom. The van der Waals surface area contributed by atoms with Crippen molar-refractivity contribution in [3.63, 3.8) is 0 Å². The Hall–Kier alpha value is -8.06. The number of anilines is 4. The van der Waals surface area contributed by atoms with Crippen molar-refractivity contribution in [2.75, 3.05) is 16.3 Å². The van der Waals surface area contributed by atoms with E-state index >= 15 is 0 Å². The SMILES string of the molecule is C/C=C(C#N)\C=C/CN(c1cc(C(C)C)c2ccc3c(N(C(/C=C\CC#N)=C/C)c4cccc5c4oc4ccccc45)cc(C(C)C)c4ccc1c2c43)c1cccc2c1oc1ccccc12. The van der Waals surface area contributed by atoms with Gasteiger partial charge in [-0.05, 0) is 107 Å². The molecule has 322 valence electrons. The molecule has 0 saturated heterocycles. The van der Waals surface area contributed by atoms with E-state index in [0.717, 1.165) is 83.1 Å². The molecule has 0 aliphatic heterocycles. The van der Waals surface area contributed by atoms with Crippen LogP contribution in [0.2, 0.25) is 0 Å². The van der Waals surface area contributed by atoms with Crippen LogP contribution in [0.5, 0.6) is 0 Å². The van der Waals surface area contributed by atoms with Crippen molar-refractivity contribution in [1.82, 2.24) is 0 Å². The van der Waals surface area contributed by atoms with Crippen molar-refractivity contribution >= 4 is 98.9 Å². The Kier molecular flexibility index (Phi) is 10.9. The van der Waals surface area contributed by atoms with Crippen molar-refractivity contribution in [2.45, 2.75) is 59.8 Å². The molecule has 66 heavy (non-hydrogen) atoms. The molecule has 0 spiro atoms. The highest BCUT2D eigenvalue weighted by Crippen LogP contribution is 2.51. The van der Waals surface area contributed by atoms with Gasteiger partial charge in [0, 0.05) is 55.8 Å². The van der Waals surface area contributed by atoms with Crippen LogP contribution in [0.4, 0.5) is 22.7 Å². The van der Waals surface area contributed by atoms with Crippen LogP contribution in [-0.2, 0) is 0 Å². The molecule has 0 amide bonds. The summed E-state index contributed by atoms with van der Waals surface area (Å²) in [7, 11) is 0. The molecular weight excluding hydrogens is 809 g/mol. The molecule has 10 aromatic rings. The Labute approximate surface area is 385 Å². The van der Waals surface area contributed by atoms with E-state index in [1.807, 2.05) is 49.4 Å². The number of nitrogens with zero attached hydrogens (tertiary/aromatic N) is 4. The fourth-order valence-corrected chi connectivity index (χ4v) is 9.98. The molecule has 6 nitrogen and oxygen atoms in total. The number of nitriles is 2. The van der Waals surface area contributed by atoms with Gasteiger partial charge in [-0.2, -0.15) is 10.5 Å². The molecule has 0 atom stereocenters. The van der Waals surface area contributed by atoms with Crippen LogP contribution < -0.4 is 9.80 Å². The third kappa shape index (κ3) is 6.86. The standard InChI is InChI=1S/C60H50N4O2/c1-7-39(36-62)18-17-33-63(51-24-15-22-45-41-20-9-11-26-55(41)65-59(45)51)53-34-49(37(3)4)43-29-31-48-54(35-50(38(5)6)44-28-30-47(53)57(43)58(44)48)64(40(8-2)19-13-14-32-61)52-25-16-23-46-42-21-10-12-27-56(42)66-60(46)52/h7-13,15-31,34-35,37-38H,14,33H2,1-6H3/b18-17-,19-13-,39-7+,40-8+. The van der Waals surface area contributed by atoms with E-state index in [1.54, 1.807) is 0 Å². The summed E-state index contributed by atoms with van der Waals surface area (Å²) in [6.07, 6.45) is 12.2. The normalized spacial score (nSPS) is 12.8. The lowest BCUT2D eigenvalue weighted by Crippen LogP contribution is -2.18. The first-order valence-corrected chi connectivity index (χ1v) is 22.8. The van der Waals surface area contributed by atoms with E-state index in [-0.39, 0.29) is 18.3 Å². The van der Waals surface area contributed by atoms with Gasteiger partial charge in [0.05, 0.1) is 35.6 Å². The molecule has 0 saturated carbocycles. The first kappa shape index (κ1) is 41.9. The third-order valence-electron chi connectivity index (χ3n) is 13.1. The van der Waals surface area contributed by atoms with Crippen molar-refractivity contribution in [3.05, 3.63) is 180 Å². The summed E-state index contributed by atoms with van der Waals surface area (Å²) < 4.78 is 13.5. The minimum atomic E-state index is 0.192. The molecule has 0 aliphatic rings. The summed E-state index contributed by atoms with van der Waals surface area (Å²) in [6.45, 7) is 13.5. The predicted molar refractivity (Wildman–Crippen MR) is 277 cm³/mol. The van der Waals surface area contributed by atoms with Crippen LogP contribution >= 0.6 is 0 Å². The van der Waals surface area contributed by atoms with Gasteiger partial charge in [-0.1, -0.05) is 137 Å². The van der Waals surface area contributed by atoms with Crippen LogP contribution in [0.25, 0.3) is 76.2 Å². The minimum absolute atomic E-state index is 0.192. The van der Waals surface area contributed by atoms with Crippen molar-refractivity contribution in [3.8, 4) is 12.1 Å². The highest BCUT2D eigenvalue weighted by molar-refractivity contribution is 6.29. The number of hydrogen-bond donors (Lipinski definition) is 0. The molecule has 0 unspecified atom stereocenters. The molecule has 6 heteroatoms. The van der Waals surface area contributed by atoms with Crippen LogP contribution in [0.3, 0.4) is 0 Å². The summed E-state index contributed by atoms with van der Waals surface area (Å²) >= 11 is 0. The van der Waals surface area contributed by atoms with E-state index in [2.05, 4.69) is 172 Å². The Balaban J connectivity index is 1.31. The number of hydrogen-bond acceptors (Lipinski definition) is 6. The number of rotatable bonds is 12. The molecule has 0 bridgehead atoms. The fraction of sp³-hybridized carbons (Fsp3) is 0.167. The van der Waals surface area contributed by atoms with Crippen molar-refractivity contribution < 1.29 is 8.83 Å². The maximum atomic E-state index is 9.90. The smallest absolute Gasteiger partial charge is 0.159 e. The van der Waals surface area contributed by atoms with E-state index < -0.39 is 0 Å². The van der Waals surface area contributed by atoms with Crippen LogP contribution in [0.15, 0.2) is 178 Å². The topological polar surface area (TPSA) is 80.3 Å². The second kappa shape index (κ2) is 17.1. The second-order valence-corrected chi connectivity index (χ2v) is 17.5. The van der Waals surface area contributed by atoms with Gasteiger partial charge in [0.15, 0.2) is 11.2 Å². The first-order valence-electron chi connectivity index (χ1n) is 22.8. The highest BCUT2D eigenvalue weighted by Gasteiger charge is 2.28. The number of allylic oxidation sites excluding steroid dienone is 6. The summed E-state index contributed by atoms with van der Waals surface area (Å²) in [4.78, 5) is 4.69. The zero-order valence-electron chi connectivity index (χ0n) is 38.2. The highest BCUT2D eigenvalue weighted by atomic mass is 16.3. The Bertz CT molecular complexity index is 3730. The largest absolute Gasteiger partial charge is 0.454 e. The Morgan fingerprint density at radius 1 is 0.545 bits per heavy atom. The van der Waals surface area contributed by atoms with E-state index in [9.17, 15) is 10.5 Å². The summed E-state index contributed by atoms with van der Waals surface area (Å²) in [5, 5.41) is 30.9. The zero-order chi connectivity index (χ0) is 45.6. The van der Waals surface area contributed by atoms with Crippen LogP contribution in [0.1, 0.15) is 70.9 Å². The van der Waals surface area contributed by atoms with Gasteiger partial charge in [-0.3, -0.25) is 0 Å². The fourth-order valence-electron chi connectivity index (χ4n) is 9.98. The molecule has 0 aliphatic carbocycles. The molecule has 0 N–H and O–H groups in total. The first-order chi connectivity index (χ1) is 32.3. The number of furan rings is 2. The predicted octanol–water partition coefficient (Wildman–Crippen LogP) is 17.3. The molecule has 8 aromatic carbocycles.